The Bertz CT molecular complexity index is 954. The van der Waals surface area contributed by atoms with Crippen molar-refractivity contribution >= 4 is 41.5 Å². The molecular weight excluding hydrogens is 474 g/mol. The predicted molar refractivity (Wildman–Crippen MR) is 133 cm³/mol. The van der Waals surface area contributed by atoms with Crippen molar-refractivity contribution in [3.05, 3.63) is 21.9 Å². The largest absolute Gasteiger partial charge is 0.412 e. The van der Waals surface area contributed by atoms with Gasteiger partial charge in [0.25, 0.3) is 0 Å². The van der Waals surface area contributed by atoms with E-state index in [2.05, 4.69) is 10.6 Å². The number of carbonyl (C=O) groups excluding carboxylic acids is 3. The third kappa shape index (κ3) is 7.43. The molecule has 8 nitrogen and oxygen atoms in total. The number of ketones is 1. The number of hydrogen-bond donors (Lipinski definition) is 2. The van der Waals surface area contributed by atoms with Gasteiger partial charge in [-0.2, -0.15) is 5.26 Å². The lowest BCUT2D eigenvalue weighted by Crippen LogP contribution is -2.28. The summed E-state index contributed by atoms with van der Waals surface area (Å²) in [5.41, 5.74) is -0.722. The van der Waals surface area contributed by atoms with Crippen LogP contribution in [-0.2, 0) is 4.79 Å². The number of ether oxygens (including phenoxy) is 2. The quantitative estimate of drug-likeness (QED) is 0.238. The van der Waals surface area contributed by atoms with Crippen LogP contribution in [0.25, 0.3) is 0 Å². The summed E-state index contributed by atoms with van der Waals surface area (Å²) in [6.45, 7) is 10.2. The maximum absolute atomic E-state index is 12.9. The first-order valence-electron chi connectivity index (χ1n) is 11.3. The number of thioether (sulfide) groups is 2. The van der Waals surface area contributed by atoms with Crippen molar-refractivity contribution in [1.29, 1.82) is 5.26 Å². The van der Waals surface area contributed by atoms with Gasteiger partial charge in [0.05, 0.1) is 14.0 Å². The Balaban J connectivity index is 2.39. The van der Waals surface area contributed by atoms with Crippen molar-refractivity contribution in [1.82, 2.24) is 10.6 Å². The lowest BCUT2D eigenvalue weighted by molar-refractivity contribution is -0.122. The van der Waals surface area contributed by atoms with Crippen molar-refractivity contribution < 1.29 is 23.9 Å². The van der Waals surface area contributed by atoms with E-state index in [1.54, 1.807) is 32.9 Å². The van der Waals surface area contributed by atoms with Gasteiger partial charge in [0, 0.05) is 18.5 Å². The summed E-state index contributed by atoms with van der Waals surface area (Å²) in [4.78, 5) is 38.4. The zero-order chi connectivity index (χ0) is 25.3. The van der Waals surface area contributed by atoms with Crippen LogP contribution in [0.1, 0.15) is 60.3 Å². The molecule has 2 amide bonds. The van der Waals surface area contributed by atoms with Gasteiger partial charge in [-0.3, -0.25) is 4.79 Å². The smallest absolute Gasteiger partial charge is 0.409 e. The number of Topliss-reactive ketones (excluding diaryl/α,β-unsaturated/α-hetero) is 1. The Morgan fingerprint density at radius 1 is 0.912 bits per heavy atom. The monoisotopic (exact) mass is 505 g/mol. The van der Waals surface area contributed by atoms with Crippen LogP contribution in [0.3, 0.4) is 0 Å². The minimum Gasteiger partial charge on any atom is -0.409 e. The van der Waals surface area contributed by atoms with Crippen molar-refractivity contribution in [3.63, 3.8) is 0 Å². The number of allylic oxidation sites excluding steroid dienone is 1. The molecule has 0 radical (unpaired) electrons. The summed E-state index contributed by atoms with van der Waals surface area (Å²) in [6.07, 6.45) is 2.31. The summed E-state index contributed by atoms with van der Waals surface area (Å²) >= 11 is 2.31. The minimum atomic E-state index is -0.745. The van der Waals surface area contributed by atoms with Gasteiger partial charge < -0.3 is 20.1 Å². The highest BCUT2D eigenvalue weighted by atomic mass is 32.2. The highest BCUT2D eigenvalue weighted by molar-refractivity contribution is 8.24. The molecule has 0 aliphatic carbocycles. The second kappa shape index (κ2) is 12.7. The van der Waals surface area contributed by atoms with E-state index in [-0.39, 0.29) is 22.9 Å². The predicted octanol–water partition coefficient (Wildman–Crippen LogP) is 6.01. The molecule has 0 fully saturated rings. The molecule has 10 heteroatoms. The molecule has 0 saturated carbocycles. The Morgan fingerprint density at radius 3 is 1.71 bits per heavy atom. The van der Waals surface area contributed by atoms with Crippen LogP contribution < -0.4 is 20.1 Å². The van der Waals surface area contributed by atoms with E-state index in [0.717, 1.165) is 49.2 Å². The lowest BCUT2D eigenvalue weighted by Gasteiger charge is -2.16. The maximum Gasteiger partial charge on any atom is 0.412 e. The molecule has 0 bridgehead atoms. The zero-order valence-electron chi connectivity index (χ0n) is 20.2. The molecule has 1 aliphatic heterocycles. The molecule has 0 spiro atoms. The van der Waals surface area contributed by atoms with Crippen LogP contribution in [0.15, 0.2) is 31.7 Å². The van der Waals surface area contributed by atoms with Crippen LogP contribution in [0.4, 0.5) is 9.59 Å². The van der Waals surface area contributed by atoms with Crippen LogP contribution in [-0.4, -0.2) is 31.1 Å². The Morgan fingerprint density at radius 2 is 1.35 bits per heavy atom. The van der Waals surface area contributed by atoms with Crippen molar-refractivity contribution in [2.24, 2.45) is 5.41 Å². The molecule has 1 aromatic rings. The van der Waals surface area contributed by atoms with Gasteiger partial charge in [-0.05, 0) is 25.0 Å². The molecule has 1 aromatic carbocycles. The molecule has 2 N–H and O–H groups in total. The average Bonchev–Trinajstić information content (AvgIpc) is 3.21. The van der Waals surface area contributed by atoms with E-state index in [1.807, 2.05) is 19.9 Å². The first-order valence-corrected chi connectivity index (χ1v) is 12.9. The van der Waals surface area contributed by atoms with Gasteiger partial charge in [-0.15, -0.1) is 0 Å². The molecule has 0 aromatic heterocycles. The average molecular weight is 506 g/mol. The first kappa shape index (κ1) is 27.6. The molecule has 0 unspecified atom stereocenters. The SMILES string of the molecule is CCCCNC(=O)Oc1ccc(OC(=O)NCCCC)c2c1SC(=C(C#N)C(=O)C(C)(C)C)S2. The lowest BCUT2D eigenvalue weighted by atomic mass is 9.87. The number of amides is 2. The van der Waals surface area contributed by atoms with E-state index in [0.29, 0.717) is 27.1 Å². The zero-order valence-corrected chi connectivity index (χ0v) is 21.8. The number of carbonyl (C=O) groups is 3. The van der Waals surface area contributed by atoms with E-state index in [4.69, 9.17) is 9.47 Å². The minimum absolute atomic E-state index is 0.0235. The standard InChI is InChI=1S/C24H31N3O5S2/c1-6-8-12-26-22(29)31-16-10-11-17(32-23(30)27-13-9-7-2)19-18(16)33-21(34-19)15(14-25)20(28)24(3,4)5/h10-11H,6-9,12-13H2,1-5H3,(H,26,29)(H,27,30). The summed E-state index contributed by atoms with van der Waals surface area (Å²) < 4.78 is 11.5. The van der Waals surface area contributed by atoms with Gasteiger partial charge in [-0.25, -0.2) is 9.59 Å². The highest BCUT2D eigenvalue weighted by Gasteiger charge is 2.34. The van der Waals surface area contributed by atoms with Crippen molar-refractivity contribution in [2.45, 2.75) is 70.1 Å². The van der Waals surface area contributed by atoms with Gasteiger partial charge in [-0.1, -0.05) is 71.0 Å². The van der Waals surface area contributed by atoms with Crippen molar-refractivity contribution in [3.8, 4) is 17.6 Å². The fourth-order valence-corrected chi connectivity index (χ4v) is 5.33. The number of hydrogen-bond acceptors (Lipinski definition) is 8. The first-order chi connectivity index (χ1) is 16.1. The molecule has 34 heavy (non-hydrogen) atoms. The van der Waals surface area contributed by atoms with E-state index >= 15 is 0 Å². The van der Waals surface area contributed by atoms with Crippen LogP contribution in [0.2, 0.25) is 0 Å². The molecule has 2 rings (SSSR count). The number of nitrogens with zero attached hydrogens (tertiary/aromatic N) is 1. The summed E-state index contributed by atoms with van der Waals surface area (Å²) in [5, 5.41) is 15.1. The van der Waals surface area contributed by atoms with E-state index < -0.39 is 17.6 Å². The highest BCUT2D eigenvalue weighted by Crippen LogP contribution is 2.59. The molecule has 1 heterocycles. The number of unbranched alkanes of at least 4 members (excludes halogenated alkanes) is 2. The van der Waals surface area contributed by atoms with Crippen molar-refractivity contribution in [2.75, 3.05) is 13.1 Å². The normalized spacial score (nSPS) is 12.4. The molecular formula is C24H31N3O5S2. The number of benzene rings is 1. The third-order valence-corrected chi connectivity index (χ3v) is 7.29. The van der Waals surface area contributed by atoms with Gasteiger partial charge >= 0.3 is 12.2 Å². The Hall–Kier alpha value is -2.64. The van der Waals surface area contributed by atoms with Crippen LogP contribution in [0, 0.1) is 16.7 Å². The number of nitriles is 1. The number of fused-ring (bicyclic) bond motifs is 1. The maximum atomic E-state index is 12.9. The van der Waals surface area contributed by atoms with E-state index in [1.165, 1.54) is 0 Å². The second-order valence-electron chi connectivity index (χ2n) is 8.62. The summed E-state index contributed by atoms with van der Waals surface area (Å²) in [5.74, 6) is 0.226. The Labute approximate surface area is 209 Å². The number of nitrogens with one attached hydrogen (secondary N) is 2. The topological polar surface area (TPSA) is 118 Å². The van der Waals surface area contributed by atoms with Gasteiger partial charge in [0.1, 0.15) is 23.1 Å². The third-order valence-electron chi connectivity index (χ3n) is 4.66. The molecule has 184 valence electrons. The second-order valence-corrected chi connectivity index (χ2v) is 10.9. The fraction of sp³-hybridized carbons (Fsp3) is 0.500. The summed E-state index contributed by atoms with van der Waals surface area (Å²) in [6, 6.07) is 5.11. The van der Waals surface area contributed by atoms with Gasteiger partial charge in [0.15, 0.2) is 5.78 Å². The molecule has 1 aliphatic rings. The number of rotatable bonds is 9. The van der Waals surface area contributed by atoms with Crippen LogP contribution in [0.5, 0.6) is 11.5 Å². The van der Waals surface area contributed by atoms with E-state index in [9.17, 15) is 19.6 Å². The fourth-order valence-electron chi connectivity index (χ4n) is 2.76. The Kier molecular flexibility index (Phi) is 10.3. The molecule has 0 saturated heterocycles. The van der Waals surface area contributed by atoms with Gasteiger partial charge in [0.2, 0.25) is 0 Å². The van der Waals surface area contributed by atoms with Crippen LogP contribution >= 0.6 is 23.5 Å². The molecule has 0 atom stereocenters. The summed E-state index contributed by atoms with van der Waals surface area (Å²) in [7, 11) is 0.